The first-order chi connectivity index (χ1) is 11.8. The molecule has 0 aliphatic rings. The molecule has 0 saturated heterocycles. The molecule has 0 aromatic carbocycles. The Balaban J connectivity index is 4.61. The van der Waals surface area contributed by atoms with E-state index < -0.39 is 13.2 Å². The maximum atomic E-state index is 12.8. The summed E-state index contributed by atoms with van der Waals surface area (Å²) in [4.78, 5) is 22.4. The van der Waals surface area contributed by atoms with Crippen molar-refractivity contribution in [3.05, 3.63) is 0 Å². The second kappa shape index (κ2) is 9.36. The minimum atomic E-state index is -4.15. The Hall–Kier alpha value is -0.460. The largest absolute Gasteiger partial charge is 0.472 e. The summed E-state index contributed by atoms with van der Waals surface area (Å²) in [5, 5.41) is 0. The molecule has 162 valence electrons. The maximum absolute atomic E-state index is 12.8. The number of nitrogens with zero attached hydrogens (tertiary/aromatic N) is 1. The Morgan fingerprint density at radius 1 is 0.926 bits per heavy atom. The van der Waals surface area contributed by atoms with Gasteiger partial charge in [-0.05, 0) is 24.2 Å². The molecule has 0 spiro atoms. The van der Waals surface area contributed by atoms with Crippen molar-refractivity contribution < 1.29 is 32.5 Å². The van der Waals surface area contributed by atoms with Gasteiger partial charge in [0.1, 0.15) is 19.8 Å². The van der Waals surface area contributed by atoms with Crippen molar-refractivity contribution in [2.45, 2.75) is 54.9 Å². The molecule has 27 heavy (non-hydrogen) atoms. The Morgan fingerprint density at radius 2 is 1.41 bits per heavy atom. The second-order valence-corrected chi connectivity index (χ2v) is 12.1. The number of hydrogen-bond donors (Lipinski definition) is 1. The molecule has 0 bridgehead atoms. The Labute approximate surface area is 165 Å². The Morgan fingerprint density at radius 3 is 1.81 bits per heavy atom. The molecule has 2 unspecified atom stereocenters. The number of carbonyl (C=O) groups excluding carboxylic acids is 1. The van der Waals surface area contributed by atoms with E-state index in [9.17, 15) is 14.3 Å². The van der Waals surface area contributed by atoms with Gasteiger partial charge in [0.25, 0.3) is 0 Å². The van der Waals surface area contributed by atoms with Gasteiger partial charge in [0.2, 0.25) is 0 Å². The van der Waals surface area contributed by atoms with Crippen molar-refractivity contribution in [2.24, 2.45) is 16.2 Å². The van der Waals surface area contributed by atoms with Crippen LogP contribution < -0.4 is 0 Å². The molecule has 2 atom stereocenters. The van der Waals surface area contributed by atoms with Crippen LogP contribution >= 0.6 is 7.82 Å². The Kier molecular flexibility index (Phi) is 9.20. The van der Waals surface area contributed by atoms with Gasteiger partial charge in [-0.1, -0.05) is 41.5 Å². The van der Waals surface area contributed by atoms with Gasteiger partial charge in [-0.15, -0.1) is 0 Å². The smallest absolute Gasteiger partial charge is 0.463 e. The summed E-state index contributed by atoms with van der Waals surface area (Å²) < 4.78 is 27.7. The summed E-state index contributed by atoms with van der Waals surface area (Å²) in [7, 11) is 1.72. The van der Waals surface area contributed by atoms with E-state index in [0.29, 0.717) is 17.4 Å². The van der Waals surface area contributed by atoms with Crippen molar-refractivity contribution >= 4 is 13.8 Å². The monoisotopic (exact) mass is 410 g/mol. The van der Waals surface area contributed by atoms with E-state index >= 15 is 0 Å². The normalized spacial score (nSPS) is 17.9. The van der Waals surface area contributed by atoms with Crippen LogP contribution in [0.4, 0.5) is 0 Å². The molecule has 0 aromatic heterocycles. The third kappa shape index (κ3) is 10.6. The fraction of sp³-hybridized carbons (Fsp3) is 0.947. The summed E-state index contributed by atoms with van der Waals surface area (Å²) in [6.07, 6.45) is 0.663. The lowest BCUT2D eigenvalue weighted by atomic mass is 9.61. The SMILES string of the molecule is CC(C)(C)CC(C)(C(=O)OCCOP(=O)(O)OCC[N+](C)(C)C)C(C)(C)C. The molecule has 0 aromatic rings. The number of likely N-dealkylation sites (N-methyl/N-ethyl adjacent to an activating group) is 1. The zero-order chi connectivity index (χ0) is 21.7. The molecule has 1 N–H and O–H groups in total. The van der Waals surface area contributed by atoms with Crippen molar-refractivity contribution in [2.75, 3.05) is 47.5 Å². The summed E-state index contributed by atoms with van der Waals surface area (Å²) in [5.41, 5.74) is -1.02. The number of quaternary nitrogens is 1. The molecule has 7 nitrogen and oxygen atoms in total. The van der Waals surface area contributed by atoms with E-state index in [4.69, 9.17) is 13.8 Å². The van der Waals surface area contributed by atoms with E-state index in [1.54, 1.807) is 0 Å². The number of phosphoric acid groups is 1. The first-order valence-electron chi connectivity index (χ1n) is 9.39. The molecule has 0 fully saturated rings. The van der Waals surface area contributed by atoms with E-state index in [0.717, 1.165) is 0 Å². The van der Waals surface area contributed by atoms with Crippen LogP contribution in [-0.2, 0) is 23.1 Å². The number of ether oxygens (including phenoxy) is 1. The first-order valence-corrected chi connectivity index (χ1v) is 10.9. The molecule has 0 aliphatic heterocycles. The van der Waals surface area contributed by atoms with Crippen molar-refractivity contribution in [3.63, 3.8) is 0 Å². The summed E-state index contributed by atoms with van der Waals surface area (Å²) in [5.74, 6) is -0.327. The predicted molar refractivity (Wildman–Crippen MR) is 107 cm³/mol. The average Bonchev–Trinajstić information content (AvgIpc) is 2.38. The third-order valence-corrected chi connectivity index (χ3v) is 5.59. The van der Waals surface area contributed by atoms with Crippen molar-refractivity contribution in [1.29, 1.82) is 0 Å². The third-order valence-electron chi connectivity index (χ3n) is 4.58. The fourth-order valence-corrected chi connectivity index (χ4v) is 3.31. The molecule has 0 rings (SSSR count). The predicted octanol–water partition coefficient (Wildman–Crippen LogP) is 3.86. The van der Waals surface area contributed by atoms with Crippen LogP contribution in [0.1, 0.15) is 54.9 Å². The highest BCUT2D eigenvalue weighted by molar-refractivity contribution is 7.47. The van der Waals surface area contributed by atoms with Crippen LogP contribution in [0.15, 0.2) is 0 Å². The topological polar surface area (TPSA) is 82.1 Å². The quantitative estimate of drug-likeness (QED) is 0.255. The van der Waals surface area contributed by atoms with Crippen LogP contribution in [0.2, 0.25) is 0 Å². The van der Waals surface area contributed by atoms with Crippen LogP contribution in [0.5, 0.6) is 0 Å². The van der Waals surface area contributed by atoms with E-state index in [1.807, 2.05) is 48.8 Å². The highest BCUT2D eigenvalue weighted by Gasteiger charge is 2.47. The highest BCUT2D eigenvalue weighted by Crippen LogP contribution is 2.47. The molecular weight excluding hydrogens is 369 g/mol. The zero-order valence-corrected chi connectivity index (χ0v) is 19.8. The van der Waals surface area contributed by atoms with Gasteiger partial charge in [-0.25, -0.2) is 4.57 Å². The average molecular weight is 411 g/mol. The van der Waals surface area contributed by atoms with E-state index in [-0.39, 0.29) is 36.6 Å². The summed E-state index contributed by atoms with van der Waals surface area (Å²) in [6, 6.07) is 0. The number of esters is 1. The molecular formula is C19H41NO6P+. The van der Waals surface area contributed by atoms with Gasteiger partial charge < -0.3 is 14.1 Å². The second-order valence-electron chi connectivity index (χ2n) is 10.6. The molecule has 8 heteroatoms. The number of rotatable bonds is 10. The van der Waals surface area contributed by atoms with Gasteiger partial charge in [0.05, 0.1) is 33.2 Å². The molecule has 0 radical (unpaired) electrons. The van der Waals surface area contributed by atoms with Gasteiger partial charge in [-0.3, -0.25) is 13.8 Å². The molecule has 0 amide bonds. The fourth-order valence-electron chi connectivity index (χ4n) is 2.62. The molecule has 0 saturated carbocycles. The maximum Gasteiger partial charge on any atom is 0.472 e. The lowest BCUT2D eigenvalue weighted by Gasteiger charge is -2.43. The van der Waals surface area contributed by atoms with Gasteiger partial charge in [0, 0.05) is 0 Å². The molecule has 0 aliphatic carbocycles. The zero-order valence-electron chi connectivity index (χ0n) is 18.9. The van der Waals surface area contributed by atoms with E-state index in [2.05, 4.69) is 20.8 Å². The number of phosphoric ester groups is 1. The lowest BCUT2D eigenvalue weighted by Crippen LogP contribution is -2.44. The Bertz CT molecular complexity index is 530. The number of carbonyl (C=O) groups is 1. The number of hydrogen-bond acceptors (Lipinski definition) is 5. The van der Waals surface area contributed by atoms with Gasteiger partial charge in [0.15, 0.2) is 0 Å². The van der Waals surface area contributed by atoms with Crippen molar-refractivity contribution in [1.82, 2.24) is 0 Å². The van der Waals surface area contributed by atoms with E-state index in [1.165, 1.54) is 0 Å². The summed E-state index contributed by atoms with van der Waals surface area (Å²) >= 11 is 0. The van der Waals surface area contributed by atoms with Gasteiger partial charge >= 0.3 is 13.8 Å². The highest BCUT2D eigenvalue weighted by atomic mass is 31.2. The standard InChI is InChI=1S/C19H40NO6P/c1-17(2,3)15-19(7,18(4,5)6)16(21)24-13-14-26-27(22,23)25-12-11-20(8,9)10/h11-15H2,1-10H3/p+1. The summed E-state index contributed by atoms with van der Waals surface area (Å²) in [6.45, 7) is 14.6. The minimum Gasteiger partial charge on any atom is -0.463 e. The van der Waals surface area contributed by atoms with Crippen LogP contribution in [0.25, 0.3) is 0 Å². The lowest BCUT2D eigenvalue weighted by molar-refractivity contribution is -0.870. The first kappa shape index (κ1) is 26.5. The van der Waals surface area contributed by atoms with Crippen LogP contribution in [-0.4, -0.2) is 62.9 Å². The van der Waals surface area contributed by atoms with Crippen LogP contribution in [0.3, 0.4) is 0 Å². The van der Waals surface area contributed by atoms with Gasteiger partial charge in [-0.2, -0.15) is 0 Å². The minimum absolute atomic E-state index is 0.0439. The van der Waals surface area contributed by atoms with Crippen LogP contribution in [0, 0.1) is 16.2 Å². The van der Waals surface area contributed by atoms with Crippen molar-refractivity contribution in [3.8, 4) is 0 Å². The molecule has 0 heterocycles.